The number of aromatic hydroxyl groups is 1. The number of fused-ring (bicyclic) bond motifs is 3. The summed E-state index contributed by atoms with van der Waals surface area (Å²) >= 11 is 0. The Morgan fingerprint density at radius 1 is 1.21 bits per heavy atom. The number of hydrogen-bond donors (Lipinski definition) is 2. The molecule has 24 heavy (non-hydrogen) atoms. The lowest BCUT2D eigenvalue weighted by Crippen LogP contribution is -2.39. The second-order valence-corrected chi connectivity index (χ2v) is 7.17. The number of hydrogen-bond acceptors (Lipinski definition) is 3. The Morgan fingerprint density at radius 3 is 2.75 bits per heavy atom. The number of phenolic OH excluding ortho intramolecular Hbond substituents is 1. The zero-order valence-electron chi connectivity index (χ0n) is 14.0. The third kappa shape index (κ3) is 2.48. The minimum atomic E-state index is -0.821. The molecular weight excluding hydrogens is 300 g/mol. The molecule has 0 radical (unpaired) electrons. The van der Waals surface area contributed by atoms with Crippen molar-refractivity contribution < 1.29 is 14.9 Å². The van der Waals surface area contributed by atoms with Crippen molar-refractivity contribution >= 4 is 0 Å². The molecule has 0 aromatic heterocycles. The minimum absolute atomic E-state index is 0.0183. The second kappa shape index (κ2) is 5.82. The molecule has 0 spiro atoms. The normalized spacial score (nSPS) is 28.1. The maximum absolute atomic E-state index is 11.1. The van der Waals surface area contributed by atoms with Crippen LogP contribution in [-0.4, -0.2) is 16.3 Å². The van der Waals surface area contributed by atoms with E-state index in [2.05, 4.69) is 6.92 Å². The fourth-order valence-corrected chi connectivity index (χ4v) is 4.30. The number of ether oxygens (including phenoxy) is 1. The molecule has 2 N–H and O–H groups in total. The van der Waals surface area contributed by atoms with Crippen LogP contribution in [0.1, 0.15) is 55.2 Å². The lowest BCUT2D eigenvalue weighted by Gasteiger charge is -2.38. The third-order valence-electron chi connectivity index (χ3n) is 5.58. The molecule has 3 nitrogen and oxygen atoms in total. The molecule has 3 atom stereocenters. The summed E-state index contributed by atoms with van der Waals surface area (Å²) in [6.07, 6.45) is 4.02. The van der Waals surface area contributed by atoms with Gasteiger partial charge in [0.25, 0.3) is 0 Å². The molecule has 1 aliphatic heterocycles. The second-order valence-electron chi connectivity index (χ2n) is 7.17. The van der Waals surface area contributed by atoms with Crippen molar-refractivity contribution in [3.8, 4) is 11.5 Å². The molecule has 126 valence electrons. The molecular formula is C21H24O3. The molecule has 2 aliphatic rings. The molecule has 2 unspecified atom stereocenters. The van der Waals surface area contributed by atoms with E-state index >= 15 is 0 Å². The van der Waals surface area contributed by atoms with Gasteiger partial charge in [-0.1, -0.05) is 43.7 Å². The van der Waals surface area contributed by atoms with Crippen LogP contribution in [0.5, 0.6) is 11.5 Å². The minimum Gasteiger partial charge on any atom is -0.508 e. The lowest BCUT2D eigenvalue weighted by molar-refractivity contribution is -0.0429. The zero-order valence-corrected chi connectivity index (χ0v) is 14.0. The van der Waals surface area contributed by atoms with Crippen LogP contribution in [0.4, 0.5) is 0 Å². The van der Waals surface area contributed by atoms with Crippen LogP contribution in [0.25, 0.3) is 0 Å². The molecule has 1 saturated carbocycles. The first-order valence-electron chi connectivity index (χ1n) is 8.91. The fourth-order valence-electron chi connectivity index (χ4n) is 4.30. The van der Waals surface area contributed by atoms with E-state index in [4.69, 9.17) is 4.74 Å². The van der Waals surface area contributed by atoms with Gasteiger partial charge in [-0.2, -0.15) is 0 Å². The molecule has 0 bridgehead atoms. The van der Waals surface area contributed by atoms with Gasteiger partial charge < -0.3 is 14.9 Å². The maximum Gasteiger partial charge on any atom is 0.123 e. The van der Waals surface area contributed by atoms with Crippen LogP contribution in [0.3, 0.4) is 0 Å². The highest BCUT2D eigenvalue weighted by atomic mass is 16.5. The molecule has 1 heterocycles. The highest BCUT2D eigenvalue weighted by molar-refractivity contribution is 5.51. The smallest absolute Gasteiger partial charge is 0.123 e. The van der Waals surface area contributed by atoms with Crippen LogP contribution >= 0.6 is 0 Å². The number of phenols is 1. The summed E-state index contributed by atoms with van der Waals surface area (Å²) in [5.74, 6) is 1.54. The van der Waals surface area contributed by atoms with Crippen LogP contribution in [0.15, 0.2) is 42.5 Å². The Hall–Kier alpha value is -2.00. The zero-order chi connectivity index (χ0) is 16.7. The fraction of sp³-hybridized carbons (Fsp3) is 0.429. The van der Waals surface area contributed by atoms with Crippen molar-refractivity contribution in [3.05, 3.63) is 59.2 Å². The predicted molar refractivity (Wildman–Crippen MR) is 93.4 cm³/mol. The standard InChI is InChI=1S/C21H24O3/c1-2-6-14-11-19-17(12-18(14)22)16-9-10-21(23,13-20(16)24-19)15-7-4-3-5-8-15/h3-5,7-8,11-12,16,20,22-23H,2,6,9-10,13H2,1H3/t16?,20?,21-/m1/s1. The van der Waals surface area contributed by atoms with Gasteiger partial charge in [0.15, 0.2) is 0 Å². The van der Waals surface area contributed by atoms with Crippen LogP contribution in [0.2, 0.25) is 0 Å². The van der Waals surface area contributed by atoms with E-state index in [1.807, 2.05) is 42.5 Å². The average Bonchev–Trinajstić information content (AvgIpc) is 2.92. The summed E-state index contributed by atoms with van der Waals surface area (Å²) < 4.78 is 6.20. The predicted octanol–water partition coefficient (Wildman–Crippen LogP) is 4.26. The first-order chi connectivity index (χ1) is 11.6. The van der Waals surface area contributed by atoms with Crippen LogP contribution in [0, 0.1) is 0 Å². The van der Waals surface area contributed by atoms with E-state index < -0.39 is 5.60 Å². The number of aryl methyl sites for hydroxylation is 1. The van der Waals surface area contributed by atoms with Gasteiger partial charge in [-0.25, -0.2) is 0 Å². The number of benzene rings is 2. The molecule has 1 fully saturated rings. The molecule has 4 rings (SSSR count). The van der Waals surface area contributed by atoms with Gasteiger partial charge >= 0.3 is 0 Å². The third-order valence-corrected chi connectivity index (χ3v) is 5.58. The Labute approximate surface area is 142 Å². The van der Waals surface area contributed by atoms with Gasteiger partial charge in [-0.15, -0.1) is 0 Å². The Morgan fingerprint density at radius 2 is 2.00 bits per heavy atom. The molecule has 3 heteroatoms. The SMILES string of the molecule is CCCc1cc2c(cc1O)C1CC[C@](O)(c3ccccc3)CC1O2. The quantitative estimate of drug-likeness (QED) is 0.887. The van der Waals surface area contributed by atoms with Gasteiger partial charge in [0, 0.05) is 17.9 Å². The van der Waals surface area contributed by atoms with E-state index in [-0.39, 0.29) is 12.0 Å². The van der Waals surface area contributed by atoms with Crippen molar-refractivity contribution in [2.75, 3.05) is 0 Å². The largest absolute Gasteiger partial charge is 0.508 e. The summed E-state index contributed by atoms with van der Waals surface area (Å²) in [6.45, 7) is 2.10. The Balaban J connectivity index is 1.62. The van der Waals surface area contributed by atoms with Crippen molar-refractivity contribution in [2.24, 2.45) is 0 Å². The number of aliphatic hydroxyl groups is 1. The number of rotatable bonds is 3. The monoisotopic (exact) mass is 324 g/mol. The van der Waals surface area contributed by atoms with Crippen molar-refractivity contribution in [1.82, 2.24) is 0 Å². The van der Waals surface area contributed by atoms with Crippen LogP contribution in [-0.2, 0) is 12.0 Å². The molecule has 1 aliphatic carbocycles. The van der Waals surface area contributed by atoms with Gasteiger partial charge in [0.2, 0.25) is 0 Å². The first-order valence-corrected chi connectivity index (χ1v) is 8.91. The summed E-state index contributed by atoms with van der Waals surface area (Å²) in [6, 6.07) is 13.8. The summed E-state index contributed by atoms with van der Waals surface area (Å²) in [5.41, 5.74) is 2.21. The highest BCUT2D eigenvalue weighted by Crippen LogP contribution is 2.52. The molecule has 2 aromatic rings. The van der Waals surface area contributed by atoms with Gasteiger partial charge in [-0.05, 0) is 42.5 Å². The Kier molecular flexibility index (Phi) is 3.76. The maximum atomic E-state index is 11.1. The van der Waals surface area contributed by atoms with Gasteiger partial charge in [-0.3, -0.25) is 0 Å². The molecule has 2 aromatic carbocycles. The summed E-state index contributed by atoms with van der Waals surface area (Å²) in [4.78, 5) is 0. The average molecular weight is 324 g/mol. The summed E-state index contributed by atoms with van der Waals surface area (Å²) in [7, 11) is 0. The molecule has 0 saturated heterocycles. The van der Waals surface area contributed by atoms with Crippen molar-refractivity contribution in [3.63, 3.8) is 0 Å². The van der Waals surface area contributed by atoms with E-state index in [1.165, 1.54) is 0 Å². The van der Waals surface area contributed by atoms with E-state index in [9.17, 15) is 10.2 Å². The van der Waals surface area contributed by atoms with E-state index in [0.717, 1.165) is 48.1 Å². The summed E-state index contributed by atoms with van der Waals surface area (Å²) in [5, 5.41) is 21.4. The molecule has 0 amide bonds. The topological polar surface area (TPSA) is 49.7 Å². The lowest BCUT2D eigenvalue weighted by atomic mass is 9.72. The first kappa shape index (κ1) is 15.5. The Bertz CT molecular complexity index is 740. The van der Waals surface area contributed by atoms with Crippen LogP contribution < -0.4 is 4.74 Å². The van der Waals surface area contributed by atoms with Gasteiger partial charge in [0.1, 0.15) is 17.6 Å². The highest BCUT2D eigenvalue weighted by Gasteiger charge is 2.46. The van der Waals surface area contributed by atoms with Crippen molar-refractivity contribution in [2.45, 2.75) is 56.7 Å². The van der Waals surface area contributed by atoms with Crippen molar-refractivity contribution in [1.29, 1.82) is 0 Å². The van der Waals surface area contributed by atoms with E-state index in [1.54, 1.807) is 0 Å². The van der Waals surface area contributed by atoms with Gasteiger partial charge in [0.05, 0.1) is 5.60 Å². The van der Waals surface area contributed by atoms with E-state index in [0.29, 0.717) is 12.2 Å².